The summed E-state index contributed by atoms with van der Waals surface area (Å²) in [5.74, 6) is 0.524. The van der Waals surface area contributed by atoms with E-state index in [0.29, 0.717) is 42.7 Å². The number of fused-ring (bicyclic) bond motifs is 1. The standard InChI is InChI=1S/C21H22N2O5S2/c1-2-15-3-5-18-16(12-21(24)28-19(18)11-15)14-29-20-6-4-17(13-22-20)30(25,26)23-7-9-27-10-8-23/h3-6,11-13H,2,7-10,14H2,1H3. The van der Waals surface area contributed by atoms with Crippen LogP contribution in [-0.2, 0) is 26.9 Å². The van der Waals surface area contributed by atoms with Gasteiger partial charge in [-0.15, -0.1) is 11.8 Å². The summed E-state index contributed by atoms with van der Waals surface area (Å²) in [4.78, 5) is 16.4. The van der Waals surface area contributed by atoms with E-state index in [1.54, 1.807) is 12.1 Å². The first-order valence-corrected chi connectivity index (χ1v) is 12.1. The number of aromatic nitrogens is 1. The van der Waals surface area contributed by atoms with Gasteiger partial charge in [-0.3, -0.25) is 0 Å². The first-order valence-electron chi connectivity index (χ1n) is 9.70. The van der Waals surface area contributed by atoms with E-state index in [2.05, 4.69) is 4.98 Å². The fourth-order valence-corrected chi connectivity index (χ4v) is 5.49. The van der Waals surface area contributed by atoms with Gasteiger partial charge >= 0.3 is 5.63 Å². The van der Waals surface area contributed by atoms with Gasteiger partial charge in [-0.25, -0.2) is 18.2 Å². The van der Waals surface area contributed by atoms with Crippen LogP contribution in [0.4, 0.5) is 0 Å². The lowest BCUT2D eigenvalue weighted by atomic mass is 10.1. The molecule has 7 nitrogen and oxygen atoms in total. The second-order valence-corrected chi connectivity index (χ2v) is 9.85. The molecule has 1 aliphatic rings. The van der Waals surface area contributed by atoms with Gasteiger partial charge in [-0.1, -0.05) is 19.1 Å². The molecule has 4 rings (SSSR count). The lowest BCUT2D eigenvalue weighted by Gasteiger charge is -2.25. The summed E-state index contributed by atoms with van der Waals surface area (Å²) >= 11 is 1.44. The Morgan fingerprint density at radius 1 is 1.13 bits per heavy atom. The largest absolute Gasteiger partial charge is 0.423 e. The molecule has 0 saturated carbocycles. The molecule has 0 N–H and O–H groups in total. The van der Waals surface area contributed by atoms with Crippen LogP contribution in [0.2, 0.25) is 0 Å². The van der Waals surface area contributed by atoms with Gasteiger partial charge < -0.3 is 9.15 Å². The number of sulfonamides is 1. The summed E-state index contributed by atoms with van der Waals surface area (Å²) in [5, 5.41) is 1.58. The summed E-state index contributed by atoms with van der Waals surface area (Å²) < 4.78 is 37.4. The lowest BCUT2D eigenvalue weighted by Crippen LogP contribution is -2.40. The summed E-state index contributed by atoms with van der Waals surface area (Å²) in [6, 6.07) is 10.7. The van der Waals surface area contributed by atoms with Crippen molar-refractivity contribution in [3.8, 4) is 0 Å². The molecule has 1 saturated heterocycles. The number of thioether (sulfide) groups is 1. The first-order chi connectivity index (χ1) is 14.5. The first kappa shape index (κ1) is 21.0. The molecule has 0 aliphatic carbocycles. The Morgan fingerprint density at radius 2 is 1.93 bits per heavy atom. The van der Waals surface area contributed by atoms with Crippen molar-refractivity contribution in [3.05, 3.63) is 64.1 Å². The SMILES string of the molecule is CCc1ccc2c(CSc3ccc(S(=O)(=O)N4CCOCC4)cn3)cc(=O)oc2c1. The molecule has 9 heteroatoms. The molecule has 1 aliphatic heterocycles. The second kappa shape index (κ2) is 8.89. The Labute approximate surface area is 179 Å². The maximum atomic E-state index is 12.7. The van der Waals surface area contributed by atoms with E-state index in [0.717, 1.165) is 22.9 Å². The van der Waals surface area contributed by atoms with Gasteiger partial charge in [0.05, 0.1) is 18.2 Å². The number of hydrogen-bond acceptors (Lipinski definition) is 7. The predicted molar refractivity (Wildman–Crippen MR) is 115 cm³/mol. The molecule has 1 fully saturated rings. The van der Waals surface area contributed by atoms with Gasteiger partial charge in [0.15, 0.2) is 0 Å². The van der Waals surface area contributed by atoms with Crippen LogP contribution in [0, 0.1) is 0 Å². The Kier molecular flexibility index (Phi) is 6.24. The molecule has 158 valence electrons. The van der Waals surface area contributed by atoms with Crippen molar-refractivity contribution in [2.24, 2.45) is 0 Å². The van der Waals surface area contributed by atoms with Crippen molar-refractivity contribution in [1.29, 1.82) is 0 Å². The van der Waals surface area contributed by atoms with Crippen LogP contribution in [0.3, 0.4) is 0 Å². The molecule has 3 aromatic rings. The second-order valence-electron chi connectivity index (χ2n) is 6.91. The van der Waals surface area contributed by atoms with Crippen molar-refractivity contribution in [2.45, 2.75) is 29.0 Å². The van der Waals surface area contributed by atoms with E-state index in [-0.39, 0.29) is 10.5 Å². The molecule has 0 bridgehead atoms. The minimum atomic E-state index is -3.56. The minimum Gasteiger partial charge on any atom is -0.423 e. The van der Waals surface area contributed by atoms with Gasteiger partial charge in [-0.05, 0) is 35.7 Å². The molecule has 0 radical (unpaired) electrons. The van der Waals surface area contributed by atoms with Gasteiger partial charge in [-0.2, -0.15) is 4.31 Å². The van der Waals surface area contributed by atoms with Crippen LogP contribution in [-0.4, -0.2) is 44.0 Å². The van der Waals surface area contributed by atoms with Crippen LogP contribution in [0.25, 0.3) is 11.0 Å². The number of nitrogens with zero attached hydrogens (tertiary/aromatic N) is 2. The zero-order valence-electron chi connectivity index (χ0n) is 16.5. The number of ether oxygens (including phenoxy) is 1. The van der Waals surface area contributed by atoms with E-state index in [9.17, 15) is 13.2 Å². The van der Waals surface area contributed by atoms with E-state index in [4.69, 9.17) is 9.15 Å². The molecule has 2 aromatic heterocycles. The topological polar surface area (TPSA) is 89.7 Å². The molecule has 30 heavy (non-hydrogen) atoms. The number of rotatable bonds is 6. The van der Waals surface area contributed by atoms with Crippen LogP contribution >= 0.6 is 11.8 Å². The third-order valence-electron chi connectivity index (χ3n) is 5.00. The van der Waals surface area contributed by atoms with Crippen LogP contribution in [0.5, 0.6) is 0 Å². The van der Waals surface area contributed by atoms with Crippen molar-refractivity contribution in [1.82, 2.24) is 9.29 Å². The minimum absolute atomic E-state index is 0.173. The van der Waals surface area contributed by atoms with Crippen molar-refractivity contribution in [3.63, 3.8) is 0 Å². The van der Waals surface area contributed by atoms with Crippen LogP contribution in [0.15, 0.2) is 61.7 Å². The molecule has 0 atom stereocenters. The highest BCUT2D eigenvalue weighted by Crippen LogP contribution is 2.27. The van der Waals surface area contributed by atoms with E-state index in [1.807, 2.05) is 25.1 Å². The number of hydrogen-bond donors (Lipinski definition) is 0. The van der Waals surface area contributed by atoms with E-state index >= 15 is 0 Å². The van der Waals surface area contributed by atoms with Gasteiger partial charge in [0.25, 0.3) is 0 Å². The zero-order chi connectivity index (χ0) is 21.1. The molecule has 3 heterocycles. The molecular weight excluding hydrogens is 424 g/mol. The third-order valence-corrected chi connectivity index (χ3v) is 7.87. The Balaban J connectivity index is 1.51. The lowest BCUT2D eigenvalue weighted by molar-refractivity contribution is 0.0730. The Morgan fingerprint density at radius 3 is 2.63 bits per heavy atom. The van der Waals surface area contributed by atoms with Crippen molar-refractivity contribution in [2.75, 3.05) is 26.3 Å². The Bertz CT molecular complexity index is 1200. The number of pyridine rings is 1. The van der Waals surface area contributed by atoms with Crippen molar-refractivity contribution < 1.29 is 17.6 Å². The Hall–Kier alpha value is -2.20. The summed E-state index contributed by atoms with van der Waals surface area (Å²) in [6.07, 6.45) is 2.25. The third kappa shape index (κ3) is 4.44. The summed E-state index contributed by atoms with van der Waals surface area (Å²) in [7, 11) is -3.56. The molecule has 1 aromatic carbocycles. The maximum absolute atomic E-state index is 12.7. The summed E-state index contributed by atoms with van der Waals surface area (Å²) in [6.45, 7) is 3.55. The van der Waals surface area contributed by atoms with Crippen LogP contribution < -0.4 is 5.63 Å². The van der Waals surface area contributed by atoms with Gasteiger partial charge in [0.2, 0.25) is 10.0 Å². The molecule has 0 spiro atoms. The van der Waals surface area contributed by atoms with Crippen molar-refractivity contribution >= 4 is 32.8 Å². The maximum Gasteiger partial charge on any atom is 0.336 e. The van der Waals surface area contributed by atoms with E-state index < -0.39 is 10.0 Å². The highest BCUT2D eigenvalue weighted by atomic mass is 32.2. The van der Waals surface area contributed by atoms with Gasteiger partial charge in [0, 0.05) is 36.5 Å². The zero-order valence-corrected chi connectivity index (χ0v) is 18.2. The smallest absolute Gasteiger partial charge is 0.336 e. The fraction of sp³-hybridized carbons (Fsp3) is 0.333. The summed E-state index contributed by atoms with van der Waals surface area (Å²) in [5.41, 5.74) is 2.17. The highest BCUT2D eigenvalue weighted by molar-refractivity contribution is 7.98. The van der Waals surface area contributed by atoms with Crippen LogP contribution in [0.1, 0.15) is 18.1 Å². The normalized spacial score (nSPS) is 15.5. The molecule has 0 amide bonds. The quantitative estimate of drug-likeness (QED) is 0.425. The average molecular weight is 447 g/mol. The van der Waals surface area contributed by atoms with Gasteiger partial charge in [0.1, 0.15) is 10.5 Å². The predicted octanol–water partition coefficient (Wildman–Crippen LogP) is 3.06. The number of benzene rings is 1. The highest BCUT2D eigenvalue weighted by Gasteiger charge is 2.26. The molecule has 0 unspecified atom stereocenters. The number of aryl methyl sites for hydroxylation is 1. The van der Waals surface area contributed by atoms with E-state index in [1.165, 1.54) is 28.3 Å². The molecular formula is C21H22N2O5S2. The fourth-order valence-electron chi connectivity index (χ4n) is 3.31. The number of morpholine rings is 1. The average Bonchev–Trinajstić information content (AvgIpc) is 2.77. The monoisotopic (exact) mass is 446 g/mol.